The minimum atomic E-state index is -1.13. The zero-order valence-corrected chi connectivity index (χ0v) is 17.1. The van der Waals surface area contributed by atoms with E-state index in [-0.39, 0.29) is 17.8 Å². The molecule has 1 aliphatic heterocycles. The van der Waals surface area contributed by atoms with Crippen molar-refractivity contribution >= 4 is 22.8 Å². The predicted octanol–water partition coefficient (Wildman–Crippen LogP) is 2.35. The number of aliphatic carboxylic acids is 1. The van der Waals surface area contributed by atoms with E-state index in [9.17, 15) is 14.4 Å². The first-order chi connectivity index (χ1) is 14.2. The second-order valence-electron chi connectivity index (χ2n) is 8.43. The zero-order chi connectivity index (χ0) is 21.5. The van der Waals surface area contributed by atoms with Gasteiger partial charge in [0.25, 0.3) is 5.91 Å². The van der Waals surface area contributed by atoms with Crippen LogP contribution in [-0.4, -0.2) is 35.7 Å². The van der Waals surface area contributed by atoms with Crippen molar-refractivity contribution in [1.29, 1.82) is 0 Å². The summed E-state index contributed by atoms with van der Waals surface area (Å²) in [7, 11) is 0. The molecule has 2 aromatic rings. The van der Waals surface area contributed by atoms with Crippen molar-refractivity contribution in [3.8, 4) is 11.5 Å². The Morgan fingerprint density at radius 1 is 1.17 bits per heavy atom. The minimum Gasteiger partial charge on any atom is -0.487 e. The van der Waals surface area contributed by atoms with Crippen LogP contribution in [0.4, 0.5) is 0 Å². The Morgan fingerprint density at radius 3 is 2.63 bits per heavy atom. The molecule has 2 N–H and O–H groups in total. The summed E-state index contributed by atoms with van der Waals surface area (Å²) in [5.74, 6) is -0.683. The maximum atomic E-state index is 12.6. The van der Waals surface area contributed by atoms with Crippen LogP contribution in [0.2, 0.25) is 0 Å². The van der Waals surface area contributed by atoms with Gasteiger partial charge in [-0.3, -0.25) is 9.59 Å². The van der Waals surface area contributed by atoms with E-state index in [1.165, 1.54) is 0 Å². The molecule has 2 aliphatic rings. The van der Waals surface area contributed by atoms with Gasteiger partial charge in [-0.2, -0.15) is 0 Å². The van der Waals surface area contributed by atoms with Gasteiger partial charge in [0.15, 0.2) is 6.61 Å². The lowest BCUT2D eigenvalue weighted by Crippen LogP contribution is -2.34. The molecule has 1 aromatic carbocycles. The predicted molar refractivity (Wildman–Crippen MR) is 108 cm³/mol. The molecule has 0 unspecified atom stereocenters. The second-order valence-corrected chi connectivity index (χ2v) is 8.43. The molecule has 1 aromatic heterocycles. The molecule has 0 saturated heterocycles. The molecule has 0 fully saturated rings. The van der Waals surface area contributed by atoms with Crippen molar-refractivity contribution in [2.24, 2.45) is 0 Å². The fourth-order valence-corrected chi connectivity index (χ4v) is 4.20. The average molecular weight is 415 g/mol. The van der Waals surface area contributed by atoms with E-state index >= 15 is 0 Å². The average Bonchev–Trinajstić information content (AvgIpc) is 2.69. The summed E-state index contributed by atoms with van der Waals surface area (Å²) in [6, 6.07) is 1.76. The Morgan fingerprint density at radius 2 is 1.90 bits per heavy atom. The molecule has 160 valence electrons. The normalized spacial score (nSPS) is 16.9. The molecule has 8 nitrogen and oxygen atoms in total. The molecule has 0 saturated carbocycles. The number of carboxylic acid groups (broad SMARTS) is 1. The third-order valence-corrected chi connectivity index (χ3v) is 5.68. The largest absolute Gasteiger partial charge is 0.487 e. The van der Waals surface area contributed by atoms with Crippen LogP contribution in [0, 0.1) is 0 Å². The van der Waals surface area contributed by atoms with Crippen LogP contribution >= 0.6 is 0 Å². The van der Waals surface area contributed by atoms with Gasteiger partial charge in [0.1, 0.15) is 29.2 Å². The fourth-order valence-electron chi connectivity index (χ4n) is 4.20. The van der Waals surface area contributed by atoms with Crippen molar-refractivity contribution in [2.75, 3.05) is 13.2 Å². The van der Waals surface area contributed by atoms with Gasteiger partial charge in [-0.15, -0.1) is 0 Å². The first-order valence-corrected chi connectivity index (χ1v) is 10.2. The number of rotatable bonds is 5. The number of aryl methyl sites for hydroxylation is 2. The Balaban J connectivity index is 1.80. The molecule has 0 bridgehead atoms. The van der Waals surface area contributed by atoms with Gasteiger partial charge in [0, 0.05) is 17.2 Å². The maximum absolute atomic E-state index is 12.6. The van der Waals surface area contributed by atoms with E-state index in [0.29, 0.717) is 35.5 Å². The van der Waals surface area contributed by atoms with Crippen LogP contribution < -0.4 is 20.4 Å². The van der Waals surface area contributed by atoms with Crippen LogP contribution in [0.15, 0.2) is 15.3 Å². The highest BCUT2D eigenvalue weighted by Gasteiger charge is 2.32. The molecule has 4 rings (SSSR count). The van der Waals surface area contributed by atoms with Gasteiger partial charge in [-0.05, 0) is 57.9 Å². The number of carboxylic acids is 1. The number of nitrogens with one attached hydrogen (secondary N) is 1. The Kier molecular flexibility index (Phi) is 5.17. The quantitative estimate of drug-likeness (QED) is 0.720. The number of hydrogen-bond acceptors (Lipinski definition) is 6. The van der Waals surface area contributed by atoms with E-state index in [2.05, 4.69) is 5.32 Å². The molecular formula is C22H25NO7. The summed E-state index contributed by atoms with van der Waals surface area (Å²) in [6.07, 6.45) is 4.79. The van der Waals surface area contributed by atoms with Crippen molar-refractivity contribution in [1.82, 2.24) is 5.32 Å². The highest BCUT2D eigenvalue weighted by atomic mass is 16.5. The van der Waals surface area contributed by atoms with Crippen LogP contribution in [0.5, 0.6) is 11.5 Å². The number of carbonyl (C=O) groups excluding carboxylic acids is 1. The number of benzene rings is 1. The van der Waals surface area contributed by atoms with E-state index in [0.717, 1.165) is 42.2 Å². The lowest BCUT2D eigenvalue weighted by Gasteiger charge is -2.33. The Labute approximate surface area is 173 Å². The molecule has 0 atom stereocenters. The van der Waals surface area contributed by atoms with Crippen molar-refractivity contribution in [2.45, 2.75) is 58.0 Å². The number of ether oxygens (including phenoxy) is 2. The standard InChI is InChI=1S/C22H25NO7/c1-22(2)8-7-14-15(30-22)9-16(28-11-17(24)23-10-18(25)26)19-12-5-3-4-6-13(12)21(27)29-20(14)19/h9H,3-8,10-11H2,1-2H3,(H,23,24)(H,25,26). The summed E-state index contributed by atoms with van der Waals surface area (Å²) in [5, 5.41) is 11.7. The van der Waals surface area contributed by atoms with Gasteiger partial charge in [0.05, 0.1) is 5.39 Å². The minimum absolute atomic E-state index is 0.319. The van der Waals surface area contributed by atoms with Crippen LogP contribution in [-0.2, 0) is 28.9 Å². The molecule has 30 heavy (non-hydrogen) atoms. The molecule has 1 amide bonds. The number of carbonyl (C=O) groups is 2. The number of amides is 1. The van der Waals surface area contributed by atoms with E-state index in [1.54, 1.807) is 6.07 Å². The van der Waals surface area contributed by atoms with E-state index in [1.807, 2.05) is 13.8 Å². The van der Waals surface area contributed by atoms with Gasteiger partial charge < -0.3 is 24.3 Å². The zero-order valence-electron chi connectivity index (χ0n) is 17.1. The summed E-state index contributed by atoms with van der Waals surface area (Å²) >= 11 is 0. The summed E-state index contributed by atoms with van der Waals surface area (Å²) in [4.78, 5) is 35.3. The molecule has 2 heterocycles. The highest BCUT2D eigenvalue weighted by molar-refractivity contribution is 5.93. The molecule has 1 aliphatic carbocycles. The summed E-state index contributed by atoms with van der Waals surface area (Å²) < 4.78 is 17.7. The van der Waals surface area contributed by atoms with Crippen molar-refractivity contribution in [3.05, 3.63) is 33.2 Å². The Bertz CT molecular complexity index is 1080. The maximum Gasteiger partial charge on any atom is 0.339 e. The highest BCUT2D eigenvalue weighted by Crippen LogP contribution is 2.44. The molecular weight excluding hydrogens is 390 g/mol. The fraction of sp³-hybridized carbons (Fsp3) is 0.500. The SMILES string of the molecule is CC1(C)CCc2c(cc(OCC(=O)NCC(=O)O)c3c4c(c(=O)oc23)CCCC4)O1. The van der Waals surface area contributed by atoms with E-state index in [4.69, 9.17) is 19.0 Å². The van der Waals surface area contributed by atoms with Crippen molar-refractivity contribution in [3.63, 3.8) is 0 Å². The first-order valence-electron chi connectivity index (χ1n) is 10.2. The van der Waals surface area contributed by atoms with Crippen molar-refractivity contribution < 1.29 is 28.6 Å². The van der Waals surface area contributed by atoms with Crippen LogP contribution in [0.25, 0.3) is 11.0 Å². The van der Waals surface area contributed by atoms with Gasteiger partial charge >= 0.3 is 11.6 Å². The lowest BCUT2D eigenvalue weighted by molar-refractivity contribution is -0.138. The number of fused-ring (bicyclic) bond motifs is 5. The lowest BCUT2D eigenvalue weighted by atomic mass is 9.87. The van der Waals surface area contributed by atoms with Crippen LogP contribution in [0.1, 0.15) is 49.8 Å². The third kappa shape index (κ3) is 3.86. The van der Waals surface area contributed by atoms with Gasteiger partial charge in [-0.1, -0.05) is 0 Å². The first kappa shape index (κ1) is 20.3. The van der Waals surface area contributed by atoms with Gasteiger partial charge in [0.2, 0.25) is 0 Å². The third-order valence-electron chi connectivity index (χ3n) is 5.68. The smallest absolute Gasteiger partial charge is 0.339 e. The molecule has 0 spiro atoms. The Hall–Kier alpha value is -3.03. The topological polar surface area (TPSA) is 115 Å². The van der Waals surface area contributed by atoms with Gasteiger partial charge in [-0.25, -0.2) is 4.79 Å². The summed E-state index contributed by atoms with van der Waals surface area (Å²) in [5.41, 5.74) is 2.21. The molecule has 8 heteroatoms. The van der Waals surface area contributed by atoms with Crippen LogP contribution in [0.3, 0.4) is 0 Å². The monoisotopic (exact) mass is 415 g/mol. The molecule has 0 radical (unpaired) electrons. The summed E-state index contributed by atoms with van der Waals surface area (Å²) in [6.45, 7) is 3.15. The van der Waals surface area contributed by atoms with E-state index < -0.39 is 18.4 Å². The second kappa shape index (κ2) is 7.66. The number of hydrogen-bond donors (Lipinski definition) is 2.